The van der Waals surface area contributed by atoms with Crippen LogP contribution in [0, 0.1) is 0 Å². The van der Waals surface area contributed by atoms with Crippen LogP contribution in [0.1, 0.15) is 5.56 Å². The second kappa shape index (κ2) is 4.75. The third-order valence-corrected chi connectivity index (χ3v) is 1.92. The minimum absolute atomic E-state index is 0.257. The van der Waals surface area contributed by atoms with Gasteiger partial charge in [-0.05, 0) is 17.5 Å². The molecule has 1 rings (SSSR count). The Morgan fingerprint density at radius 1 is 1.20 bits per heavy atom. The molecular weight excluding hydrogens is 206 g/mol. The van der Waals surface area contributed by atoms with Gasteiger partial charge in [-0.15, -0.1) is 5.46 Å². The predicted octanol–water partition coefficient (Wildman–Crippen LogP) is 2.59. The lowest BCUT2D eigenvalue weighted by Gasteiger charge is -2.14. The highest BCUT2D eigenvalue weighted by Gasteiger charge is 2.24. The van der Waals surface area contributed by atoms with Gasteiger partial charge >= 0.3 is 6.98 Å². The van der Waals surface area contributed by atoms with Gasteiger partial charge in [0.05, 0.1) is 0 Å². The molecule has 1 aromatic rings. The Morgan fingerprint density at radius 3 is 2.27 bits per heavy atom. The fourth-order valence-electron chi connectivity index (χ4n) is 1.13. The molecule has 0 aromatic heterocycles. The van der Waals surface area contributed by atoms with Crippen molar-refractivity contribution in [1.82, 2.24) is 0 Å². The SMILES string of the molecule is [N-]=[N+]=NCCc1ccc([B-](F)(F)F)cc1. The van der Waals surface area contributed by atoms with Gasteiger partial charge < -0.3 is 12.9 Å². The lowest BCUT2D eigenvalue weighted by Crippen LogP contribution is -2.33. The molecule has 7 heteroatoms. The molecule has 0 atom stereocenters. The summed E-state index contributed by atoms with van der Waals surface area (Å²) in [4.78, 5) is 2.56. The van der Waals surface area contributed by atoms with Crippen LogP contribution in [0.5, 0.6) is 0 Å². The third-order valence-electron chi connectivity index (χ3n) is 1.92. The van der Waals surface area contributed by atoms with E-state index in [1.165, 1.54) is 12.1 Å². The summed E-state index contributed by atoms with van der Waals surface area (Å²) in [6.45, 7) is -4.66. The number of benzene rings is 1. The number of hydrogen-bond donors (Lipinski definition) is 0. The van der Waals surface area contributed by atoms with Crippen LogP contribution >= 0.6 is 0 Å². The molecule has 80 valence electrons. The molecule has 0 radical (unpaired) electrons. The van der Waals surface area contributed by atoms with Crippen LogP contribution in [-0.2, 0) is 6.42 Å². The van der Waals surface area contributed by atoms with Crippen molar-refractivity contribution in [2.45, 2.75) is 6.42 Å². The Bertz CT molecular complexity index is 368. The fourth-order valence-corrected chi connectivity index (χ4v) is 1.13. The Morgan fingerprint density at radius 2 is 1.80 bits per heavy atom. The van der Waals surface area contributed by atoms with Crippen molar-refractivity contribution in [2.24, 2.45) is 5.11 Å². The van der Waals surface area contributed by atoms with Crippen LogP contribution in [0.15, 0.2) is 29.4 Å². The van der Waals surface area contributed by atoms with E-state index in [-0.39, 0.29) is 6.54 Å². The van der Waals surface area contributed by atoms with E-state index in [0.717, 1.165) is 17.7 Å². The second-order valence-corrected chi connectivity index (χ2v) is 3.02. The lowest BCUT2D eigenvalue weighted by molar-refractivity contribution is 0.501. The third kappa shape index (κ3) is 3.55. The average molecular weight is 214 g/mol. The molecule has 0 amide bonds. The summed E-state index contributed by atoms with van der Waals surface area (Å²) in [6.07, 6.45) is 0.454. The average Bonchev–Trinajstić information content (AvgIpc) is 2.18. The van der Waals surface area contributed by atoms with Gasteiger partial charge in [-0.1, -0.05) is 29.4 Å². The lowest BCUT2D eigenvalue weighted by atomic mass is 9.80. The summed E-state index contributed by atoms with van der Waals surface area (Å²) in [5.74, 6) is 0. The van der Waals surface area contributed by atoms with Crippen LogP contribution in [0.2, 0.25) is 0 Å². The van der Waals surface area contributed by atoms with Crippen molar-refractivity contribution >= 4 is 12.4 Å². The monoisotopic (exact) mass is 214 g/mol. The smallest absolute Gasteiger partial charge is 0.445 e. The number of azide groups is 1. The number of nitrogens with zero attached hydrogens (tertiary/aromatic N) is 3. The molecule has 0 heterocycles. The first kappa shape index (κ1) is 11.5. The summed E-state index contributed by atoms with van der Waals surface area (Å²) in [5.41, 5.74) is 8.13. The molecule has 1 aromatic carbocycles. The first-order chi connectivity index (χ1) is 7.04. The molecule has 0 saturated heterocycles. The molecule has 0 aliphatic heterocycles. The predicted molar refractivity (Wildman–Crippen MR) is 52.9 cm³/mol. The molecule has 0 fully saturated rings. The Hall–Kier alpha value is -1.62. The Labute approximate surface area is 84.6 Å². The van der Waals surface area contributed by atoms with E-state index in [1.54, 1.807) is 0 Å². The zero-order chi connectivity index (χ0) is 11.3. The number of halogens is 3. The molecule has 0 aliphatic carbocycles. The molecular formula is C8H8BF3N3-. The highest BCUT2D eigenvalue weighted by Crippen LogP contribution is 2.09. The maximum Gasteiger partial charge on any atom is 0.509 e. The van der Waals surface area contributed by atoms with E-state index < -0.39 is 12.4 Å². The normalized spacial score (nSPS) is 10.9. The summed E-state index contributed by atoms with van der Waals surface area (Å²) in [6, 6.07) is 4.89. The molecule has 15 heavy (non-hydrogen) atoms. The van der Waals surface area contributed by atoms with Crippen molar-refractivity contribution in [3.63, 3.8) is 0 Å². The summed E-state index contributed by atoms with van der Waals surface area (Å²) < 4.78 is 36.7. The van der Waals surface area contributed by atoms with E-state index in [1.807, 2.05) is 0 Å². The minimum Gasteiger partial charge on any atom is -0.445 e. The molecule has 0 aliphatic rings. The molecule has 0 N–H and O–H groups in total. The topological polar surface area (TPSA) is 48.8 Å². The molecule has 0 unspecified atom stereocenters. The molecule has 0 saturated carbocycles. The van der Waals surface area contributed by atoms with Gasteiger partial charge in [-0.2, -0.15) is 0 Å². The zero-order valence-corrected chi connectivity index (χ0v) is 7.78. The van der Waals surface area contributed by atoms with Crippen LogP contribution in [-0.4, -0.2) is 13.5 Å². The van der Waals surface area contributed by atoms with Crippen LogP contribution in [0.3, 0.4) is 0 Å². The van der Waals surface area contributed by atoms with E-state index in [0.29, 0.717) is 6.42 Å². The number of hydrogen-bond acceptors (Lipinski definition) is 1. The van der Waals surface area contributed by atoms with Crippen molar-refractivity contribution in [3.05, 3.63) is 40.3 Å². The Kier molecular flexibility index (Phi) is 3.63. The van der Waals surface area contributed by atoms with Crippen LogP contribution in [0.25, 0.3) is 10.4 Å². The highest BCUT2D eigenvalue weighted by molar-refractivity contribution is 6.73. The standard InChI is InChI=1S/C8H8BF3N3/c10-9(11,12)8-3-1-7(2-4-8)5-6-14-15-13/h1-4H,5-6H2/q-1. The molecule has 0 bridgehead atoms. The van der Waals surface area contributed by atoms with E-state index >= 15 is 0 Å². The largest absolute Gasteiger partial charge is 0.509 e. The van der Waals surface area contributed by atoms with Crippen LogP contribution < -0.4 is 5.46 Å². The van der Waals surface area contributed by atoms with Crippen molar-refractivity contribution in [1.29, 1.82) is 0 Å². The Balaban J connectivity index is 2.68. The maximum atomic E-state index is 12.2. The van der Waals surface area contributed by atoms with E-state index in [2.05, 4.69) is 10.0 Å². The van der Waals surface area contributed by atoms with Gasteiger partial charge in [-0.3, -0.25) is 0 Å². The fraction of sp³-hybridized carbons (Fsp3) is 0.250. The van der Waals surface area contributed by atoms with Gasteiger partial charge in [-0.25, -0.2) is 0 Å². The number of rotatable bonds is 4. The summed E-state index contributed by atoms with van der Waals surface area (Å²) >= 11 is 0. The highest BCUT2D eigenvalue weighted by atomic mass is 19.4. The van der Waals surface area contributed by atoms with Gasteiger partial charge in [0, 0.05) is 11.5 Å². The second-order valence-electron chi connectivity index (χ2n) is 3.02. The van der Waals surface area contributed by atoms with E-state index in [4.69, 9.17) is 5.53 Å². The molecule has 3 nitrogen and oxygen atoms in total. The van der Waals surface area contributed by atoms with Crippen molar-refractivity contribution in [2.75, 3.05) is 6.54 Å². The van der Waals surface area contributed by atoms with Gasteiger partial charge in [0.2, 0.25) is 0 Å². The summed E-state index contributed by atoms with van der Waals surface area (Å²) in [7, 11) is 0. The van der Waals surface area contributed by atoms with Crippen molar-refractivity contribution in [3.8, 4) is 0 Å². The van der Waals surface area contributed by atoms with Gasteiger partial charge in [0.25, 0.3) is 0 Å². The quantitative estimate of drug-likeness (QED) is 0.320. The first-order valence-corrected chi connectivity index (χ1v) is 4.33. The zero-order valence-electron chi connectivity index (χ0n) is 7.78. The van der Waals surface area contributed by atoms with Gasteiger partial charge in [0.1, 0.15) is 0 Å². The van der Waals surface area contributed by atoms with Gasteiger partial charge in [0.15, 0.2) is 0 Å². The van der Waals surface area contributed by atoms with Crippen LogP contribution in [0.4, 0.5) is 12.9 Å². The molecule has 0 spiro atoms. The summed E-state index contributed by atoms with van der Waals surface area (Å²) in [5, 5.41) is 3.30. The first-order valence-electron chi connectivity index (χ1n) is 4.33. The van der Waals surface area contributed by atoms with Crippen molar-refractivity contribution < 1.29 is 12.9 Å². The van der Waals surface area contributed by atoms with E-state index in [9.17, 15) is 12.9 Å². The minimum atomic E-state index is -4.92. The maximum absolute atomic E-state index is 12.2.